The van der Waals surface area contributed by atoms with Gasteiger partial charge in [-0.15, -0.1) is 0 Å². The van der Waals surface area contributed by atoms with Gasteiger partial charge in [0.25, 0.3) is 6.01 Å². The van der Waals surface area contributed by atoms with Crippen molar-refractivity contribution < 1.29 is 4.42 Å². The van der Waals surface area contributed by atoms with Gasteiger partial charge in [0.2, 0.25) is 0 Å². The molecule has 1 saturated carbocycles. The van der Waals surface area contributed by atoms with E-state index < -0.39 is 0 Å². The number of anilines is 2. The average molecular weight is 217 g/mol. The first kappa shape index (κ1) is 9.51. The molecule has 1 aliphatic carbocycles. The molecule has 0 bridgehead atoms. The van der Waals surface area contributed by atoms with Crippen LogP contribution in [-0.4, -0.2) is 11.0 Å². The van der Waals surface area contributed by atoms with Gasteiger partial charge in [-0.25, -0.2) is 0 Å². The fourth-order valence-electron chi connectivity index (χ4n) is 2.07. The zero-order valence-electron chi connectivity index (χ0n) is 9.23. The van der Waals surface area contributed by atoms with Gasteiger partial charge in [-0.2, -0.15) is 4.98 Å². The molecule has 3 rings (SSSR count). The summed E-state index contributed by atoms with van der Waals surface area (Å²) in [5, 5.41) is 3.30. The molecule has 2 atom stereocenters. The molecule has 1 aromatic heterocycles. The number of benzene rings is 1. The van der Waals surface area contributed by atoms with Gasteiger partial charge in [0.05, 0.1) is 5.69 Å². The van der Waals surface area contributed by atoms with Crippen LogP contribution in [0, 0.1) is 5.92 Å². The Labute approximate surface area is 93.8 Å². The third-order valence-corrected chi connectivity index (χ3v) is 3.21. The van der Waals surface area contributed by atoms with E-state index in [1.165, 1.54) is 12.8 Å². The Kier molecular flexibility index (Phi) is 2.02. The van der Waals surface area contributed by atoms with Gasteiger partial charge in [0.1, 0.15) is 5.52 Å². The zero-order chi connectivity index (χ0) is 11.1. The number of fused-ring (bicyclic) bond motifs is 1. The van der Waals surface area contributed by atoms with Crippen molar-refractivity contribution in [2.45, 2.75) is 25.8 Å². The maximum absolute atomic E-state index is 5.82. The predicted octanol–water partition coefficient (Wildman–Crippen LogP) is 2.62. The summed E-state index contributed by atoms with van der Waals surface area (Å²) in [4.78, 5) is 4.36. The van der Waals surface area contributed by atoms with Crippen molar-refractivity contribution in [2.75, 3.05) is 11.1 Å². The first-order chi connectivity index (χ1) is 7.78. The smallest absolute Gasteiger partial charge is 0.295 e. The quantitative estimate of drug-likeness (QED) is 0.776. The van der Waals surface area contributed by atoms with Crippen molar-refractivity contribution in [1.29, 1.82) is 0 Å². The molecule has 0 spiro atoms. The monoisotopic (exact) mass is 217 g/mol. The first-order valence-electron chi connectivity index (χ1n) is 5.69. The minimum Gasteiger partial charge on any atom is -0.423 e. The van der Waals surface area contributed by atoms with E-state index >= 15 is 0 Å². The van der Waals surface area contributed by atoms with E-state index in [1.54, 1.807) is 0 Å². The molecule has 16 heavy (non-hydrogen) atoms. The van der Waals surface area contributed by atoms with Crippen LogP contribution < -0.4 is 11.1 Å². The largest absolute Gasteiger partial charge is 0.423 e. The van der Waals surface area contributed by atoms with Crippen molar-refractivity contribution in [1.82, 2.24) is 4.98 Å². The summed E-state index contributed by atoms with van der Waals surface area (Å²) in [7, 11) is 0. The van der Waals surface area contributed by atoms with Crippen molar-refractivity contribution in [3.8, 4) is 0 Å². The minimum absolute atomic E-state index is 0.527. The molecule has 1 heterocycles. The Morgan fingerprint density at radius 2 is 2.44 bits per heavy atom. The van der Waals surface area contributed by atoms with Crippen LogP contribution in [0.15, 0.2) is 22.6 Å². The van der Waals surface area contributed by atoms with E-state index in [-0.39, 0.29) is 0 Å². The lowest BCUT2D eigenvalue weighted by atomic mass is 10.3. The molecule has 0 amide bonds. The van der Waals surface area contributed by atoms with Crippen LogP contribution >= 0.6 is 0 Å². The SMILES string of the molecule is CCC1CC1Nc1nc2c(N)cccc2o1. The van der Waals surface area contributed by atoms with E-state index in [9.17, 15) is 0 Å². The Bertz CT molecular complexity index is 520. The van der Waals surface area contributed by atoms with Crippen LogP contribution in [0.4, 0.5) is 11.7 Å². The highest BCUT2D eigenvalue weighted by molar-refractivity contribution is 5.86. The summed E-state index contributed by atoms with van der Waals surface area (Å²) in [5.74, 6) is 0.771. The van der Waals surface area contributed by atoms with Gasteiger partial charge in [-0.05, 0) is 24.5 Å². The lowest BCUT2D eigenvalue weighted by Crippen LogP contribution is -2.04. The van der Waals surface area contributed by atoms with Crippen molar-refractivity contribution >= 4 is 22.8 Å². The summed E-state index contributed by atoms with van der Waals surface area (Å²) in [6.45, 7) is 2.20. The topological polar surface area (TPSA) is 64.1 Å². The molecule has 1 fully saturated rings. The summed E-state index contributed by atoms with van der Waals surface area (Å²) < 4.78 is 5.59. The molecule has 2 aromatic rings. The van der Waals surface area contributed by atoms with E-state index in [1.807, 2.05) is 18.2 Å². The lowest BCUT2D eigenvalue weighted by molar-refractivity contribution is 0.609. The van der Waals surface area contributed by atoms with Gasteiger partial charge in [0, 0.05) is 6.04 Å². The van der Waals surface area contributed by atoms with Crippen LogP contribution in [0.3, 0.4) is 0 Å². The second-order valence-corrected chi connectivity index (χ2v) is 4.37. The molecule has 1 aromatic carbocycles. The Morgan fingerprint density at radius 3 is 3.12 bits per heavy atom. The molecule has 84 valence electrons. The number of rotatable bonds is 3. The lowest BCUT2D eigenvalue weighted by Gasteiger charge is -1.97. The molecular formula is C12H15N3O. The number of para-hydroxylation sites is 1. The predicted molar refractivity (Wildman–Crippen MR) is 64.2 cm³/mol. The first-order valence-corrected chi connectivity index (χ1v) is 5.69. The minimum atomic E-state index is 0.527. The second kappa shape index (κ2) is 3.40. The average Bonchev–Trinajstić information content (AvgIpc) is 2.87. The van der Waals surface area contributed by atoms with Gasteiger partial charge in [-0.1, -0.05) is 19.4 Å². The summed E-state index contributed by atoms with van der Waals surface area (Å²) in [6, 6.07) is 6.71. The van der Waals surface area contributed by atoms with Crippen molar-refractivity contribution in [3.05, 3.63) is 18.2 Å². The van der Waals surface area contributed by atoms with Crippen LogP contribution in [0.2, 0.25) is 0 Å². The Hall–Kier alpha value is -1.71. The van der Waals surface area contributed by atoms with Crippen LogP contribution in [0.1, 0.15) is 19.8 Å². The van der Waals surface area contributed by atoms with Gasteiger partial charge >= 0.3 is 0 Å². The second-order valence-electron chi connectivity index (χ2n) is 4.37. The van der Waals surface area contributed by atoms with E-state index in [0.29, 0.717) is 17.7 Å². The fourth-order valence-corrected chi connectivity index (χ4v) is 2.07. The molecule has 0 radical (unpaired) electrons. The molecule has 0 aliphatic heterocycles. The third-order valence-electron chi connectivity index (χ3n) is 3.21. The molecule has 4 nitrogen and oxygen atoms in total. The normalized spacial score (nSPS) is 23.6. The maximum Gasteiger partial charge on any atom is 0.295 e. The molecular weight excluding hydrogens is 202 g/mol. The Morgan fingerprint density at radius 1 is 1.56 bits per heavy atom. The maximum atomic E-state index is 5.82. The number of nitrogens with two attached hydrogens (primary N) is 1. The number of nitrogens with one attached hydrogen (secondary N) is 1. The standard InChI is InChI=1S/C12H15N3O/c1-2-7-6-9(7)14-12-15-11-8(13)4-3-5-10(11)16-12/h3-5,7,9H,2,6,13H2,1H3,(H,14,15). The highest BCUT2D eigenvalue weighted by Gasteiger charge is 2.36. The summed E-state index contributed by atoms with van der Waals surface area (Å²) in [6.07, 6.45) is 2.42. The molecule has 3 N–H and O–H groups in total. The van der Waals surface area contributed by atoms with Crippen LogP contribution in [0.25, 0.3) is 11.1 Å². The Balaban J connectivity index is 1.86. The molecule has 4 heteroatoms. The van der Waals surface area contributed by atoms with Crippen molar-refractivity contribution in [2.24, 2.45) is 5.92 Å². The highest BCUT2D eigenvalue weighted by Crippen LogP contribution is 2.36. The number of oxazole rings is 1. The number of hydrogen-bond donors (Lipinski definition) is 2. The number of nitrogen functional groups attached to an aromatic ring is 1. The van der Waals surface area contributed by atoms with E-state index in [4.69, 9.17) is 10.2 Å². The number of aromatic nitrogens is 1. The van der Waals surface area contributed by atoms with Gasteiger partial charge < -0.3 is 15.5 Å². The number of nitrogens with zero attached hydrogens (tertiary/aromatic N) is 1. The molecule has 2 unspecified atom stereocenters. The van der Waals surface area contributed by atoms with E-state index in [2.05, 4.69) is 17.2 Å². The summed E-state index contributed by atoms with van der Waals surface area (Å²) >= 11 is 0. The highest BCUT2D eigenvalue weighted by atomic mass is 16.4. The summed E-state index contributed by atoms with van der Waals surface area (Å²) in [5.41, 5.74) is 7.98. The number of hydrogen-bond acceptors (Lipinski definition) is 4. The van der Waals surface area contributed by atoms with Gasteiger partial charge in [0.15, 0.2) is 5.58 Å². The third kappa shape index (κ3) is 1.50. The fraction of sp³-hybridized carbons (Fsp3) is 0.417. The zero-order valence-corrected chi connectivity index (χ0v) is 9.23. The van der Waals surface area contributed by atoms with Crippen LogP contribution in [-0.2, 0) is 0 Å². The van der Waals surface area contributed by atoms with Gasteiger partial charge in [-0.3, -0.25) is 0 Å². The molecule has 1 aliphatic rings. The molecule has 0 saturated heterocycles. The van der Waals surface area contributed by atoms with Crippen molar-refractivity contribution in [3.63, 3.8) is 0 Å². The van der Waals surface area contributed by atoms with Crippen LogP contribution in [0.5, 0.6) is 0 Å². The van der Waals surface area contributed by atoms with E-state index in [0.717, 1.165) is 17.0 Å².